The lowest BCUT2D eigenvalue weighted by Gasteiger charge is -2.20. The summed E-state index contributed by atoms with van der Waals surface area (Å²) in [5.41, 5.74) is 6.85. The van der Waals surface area contributed by atoms with Gasteiger partial charge < -0.3 is 5.32 Å². The van der Waals surface area contributed by atoms with E-state index in [2.05, 4.69) is 77.6 Å². The summed E-state index contributed by atoms with van der Waals surface area (Å²) in [6, 6.07) is 14.6. The fraction of sp³-hybridized carbons (Fsp3) is 0.261. The van der Waals surface area contributed by atoms with Gasteiger partial charge in [-0.05, 0) is 63.3 Å². The molecule has 6 heteroatoms. The van der Waals surface area contributed by atoms with Crippen LogP contribution in [0.1, 0.15) is 35.2 Å². The van der Waals surface area contributed by atoms with Crippen molar-refractivity contribution in [2.45, 2.75) is 39.5 Å². The molecule has 2 aromatic carbocycles. The molecule has 2 aromatic heterocycles. The van der Waals surface area contributed by atoms with Crippen molar-refractivity contribution < 1.29 is 0 Å². The summed E-state index contributed by atoms with van der Waals surface area (Å²) < 4.78 is 2.98. The predicted molar refractivity (Wildman–Crippen MR) is 120 cm³/mol. The first kappa shape index (κ1) is 18.3. The number of anilines is 2. The molecule has 0 atom stereocenters. The second-order valence-electron chi connectivity index (χ2n) is 7.69. The zero-order valence-electron chi connectivity index (χ0n) is 16.5. The highest BCUT2D eigenvalue weighted by Crippen LogP contribution is 2.31. The number of benzene rings is 2. The van der Waals surface area contributed by atoms with Gasteiger partial charge in [0.15, 0.2) is 5.82 Å². The molecule has 0 saturated heterocycles. The van der Waals surface area contributed by atoms with Crippen molar-refractivity contribution in [1.82, 2.24) is 19.6 Å². The smallest absolute Gasteiger partial charge is 0.254 e. The lowest BCUT2D eigenvalue weighted by atomic mass is 9.96. The third kappa shape index (κ3) is 3.42. The number of nitrogens with one attached hydrogen (secondary N) is 1. The summed E-state index contributed by atoms with van der Waals surface area (Å²) in [6.07, 6.45) is 4.35. The minimum Gasteiger partial charge on any atom is -0.340 e. The predicted octanol–water partition coefficient (Wildman–Crippen LogP) is 5.79. The van der Waals surface area contributed by atoms with Gasteiger partial charge >= 0.3 is 0 Å². The van der Waals surface area contributed by atoms with Gasteiger partial charge in [0, 0.05) is 21.3 Å². The van der Waals surface area contributed by atoms with E-state index in [0.29, 0.717) is 11.6 Å². The SMILES string of the molecule is Cc1ccc(-c2nc3nc4c(c(Nc5ccc(Br)c(C)c5)n3n2)CCCC4)cc1. The summed E-state index contributed by atoms with van der Waals surface area (Å²) in [4.78, 5) is 9.60. The molecular weight excluding hydrogens is 426 g/mol. The minimum atomic E-state index is 0.651. The Morgan fingerprint density at radius 1 is 0.966 bits per heavy atom. The molecule has 0 fully saturated rings. The van der Waals surface area contributed by atoms with Crippen LogP contribution in [0.25, 0.3) is 17.2 Å². The number of hydrogen-bond acceptors (Lipinski definition) is 4. The van der Waals surface area contributed by atoms with Gasteiger partial charge in [0.25, 0.3) is 5.78 Å². The van der Waals surface area contributed by atoms with Gasteiger partial charge in [0.1, 0.15) is 5.82 Å². The Hall–Kier alpha value is -2.73. The molecule has 0 spiro atoms. The van der Waals surface area contributed by atoms with Crippen LogP contribution in [0.15, 0.2) is 46.9 Å². The molecule has 0 unspecified atom stereocenters. The van der Waals surface area contributed by atoms with E-state index in [1.54, 1.807) is 0 Å². The summed E-state index contributed by atoms with van der Waals surface area (Å²) in [5, 5.41) is 8.44. The van der Waals surface area contributed by atoms with Crippen LogP contribution in [0.3, 0.4) is 0 Å². The molecule has 5 rings (SSSR count). The van der Waals surface area contributed by atoms with E-state index in [-0.39, 0.29) is 0 Å². The zero-order chi connectivity index (χ0) is 20.0. The van der Waals surface area contributed by atoms with Crippen molar-refractivity contribution in [3.63, 3.8) is 0 Å². The molecule has 2 heterocycles. The largest absolute Gasteiger partial charge is 0.340 e. The van der Waals surface area contributed by atoms with Gasteiger partial charge in [-0.25, -0.2) is 4.98 Å². The van der Waals surface area contributed by atoms with Crippen molar-refractivity contribution in [3.8, 4) is 11.4 Å². The van der Waals surface area contributed by atoms with Gasteiger partial charge in [0.05, 0.1) is 5.69 Å². The number of aryl methyl sites for hydroxylation is 3. The molecule has 1 aliphatic rings. The Morgan fingerprint density at radius 2 is 1.76 bits per heavy atom. The Balaban J connectivity index is 1.67. The summed E-state index contributed by atoms with van der Waals surface area (Å²) in [7, 11) is 0. The van der Waals surface area contributed by atoms with Crippen LogP contribution >= 0.6 is 15.9 Å². The molecule has 29 heavy (non-hydrogen) atoms. The van der Waals surface area contributed by atoms with Gasteiger partial charge in [-0.3, -0.25) is 0 Å². The highest BCUT2D eigenvalue weighted by atomic mass is 79.9. The second kappa shape index (κ2) is 7.26. The molecular formula is C23H22BrN5. The third-order valence-corrected chi connectivity index (χ3v) is 6.38. The monoisotopic (exact) mass is 447 g/mol. The number of fused-ring (bicyclic) bond motifs is 2. The van der Waals surface area contributed by atoms with E-state index < -0.39 is 0 Å². The Morgan fingerprint density at radius 3 is 2.55 bits per heavy atom. The van der Waals surface area contributed by atoms with Gasteiger partial charge in [-0.15, -0.1) is 5.10 Å². The van der Waals surface area contributed by atoms with E-state index >= 15 is 0 Å². The van der Waals surface area contributed by atoms with Crippen molar-refractivity contribution in [3.05, 3.63) is 69.3 Å². The quantitative estimate of drug-likeness (QED) is 0.431. The average molecular weight is 448 g/mol. The lowest BCUT2D eigenvalue weighted by Crippen LogP contribution is -2.13. The second-order valence-corrected chi connectivity index (χ2v) is 8.55. The Kier molecular flexibility index (Phi) is 4.59. The zero-order valence-corrected chi connectivity index (χ0v) is 18.1. The van der Waals surface area contributed by atoms with Crippen LogP contribution in [0.4, 0.5) is 11.5 Å². The van der Waals surface area contributed by atoms with Crippen molar-refractivity contribution in [2.24, 2.45) is 0 Å². The summed E-state index contributed by atoms with van der Waals surface area (Å²) in [5.74, 6) is 2.34. The van der Waals surface area contributed by atoms with Gasteiger partial charge in [0.2, 0.25) is 0 Å². The number of nitrogens with zero attached hydrogens (tertiary/aromatic N) is 4. The fourth-order valence-corrected chi connectivity index (χ4v) is 4.10. The maximum atomic E-state index is 4.86. The van der Waals surface area contributed by atoms with Crippen molar-refractivity contribution in [2.75, 3.05) is 5.32 Å². The van der Waals surface area contributed by atoms with Gasteiger partial charge in [-0.1, -0.05) is 45.8 Å². The maximum absolute atomic E-state index is 4.86. The maximum Gasteiger partial charge on any atom is 0.254 e. The van der Waals surface area contributed by atoms with Gasteiger partial charge in [-0.2, -0.15) is 9.50 Å². The van der Waals surface area contributed by atoms with E-state index in [4.69, 9.17) is 15.1 Å². The molecule has 0 aliphatic heterocycles. The molecule has 0 amide bonds. The van der Waals surface area contributed by atoms with Crippen LogP contribution < -0.4 is 5.32 Å². The van der Waals surface area contributed by atoms with E-state index in [1.807, 2.05) is 4.52 Å². The molecule has 146 valence electrons. The highest BCUT2D eigenvalue weighted by Gasteiger charge is 2.21. The van der Waals surface area contributed by atoms with E-state index in [9.17, 15) is 0 Å². The third-order valence-electron chi connectivity index (χ3n) is 5.49. The van der Waals surface area contributed by atoms with Crippen LogP contribution in [-0.2, 0) is 12.8 Å². The van der Waals surface area contributed by atoms with Crippen LogP contribution in [-0.4, -0.2) is 19.6 Å². The lowest BCUT2D eigenvalue weighted by molar-refractivity contribution is 0.662. The molecule has 1 N–H and O–H groups in total. The Bertz CT molecular complexity index is 1210. The fourth-order valence-electron chi connectivity index (χ4n) is 3.86. The first-order valence-corrected chi connectivity index (χ1v) is 10.8. The number of aromatic nitrogens is 4. The molecule has 5 nitrogen and oxygen atoms in total. The summed E-state index contributed by atoms with van der Waals surface area (Å²) in [6.45, 7) is 4.18. The molecule has 0 bridgehead atoms. The number of halogens is 1. The van der Waals surface area contributed by atoms with Crippen LogP contribution in [0.5, 0.6) is 0 Å². The highest BCUT2D eigenvalue weighted by molar-refractivity contribution is 9.10. The Labute approximate surface area is 178 Å². The minimum absolute atomic E-state index is 0.651. The van der Waals surface area contributed by atoms with Crippen LogP contribution in [0, 0.1) is 13.8 Å². The standard InChI is InChI=1S/C23H22BrN5/c1-14-7-9-16(10-8-14)21-27-23-26-20-6-4-3-5-18(20)22(29(23)28-21)25-17-11-12-19(24)15(2)13-17/h7-13,25H,3-6H2,1-2H3. The van der Waals surface area contributed by atoms with E-state index in [1.165, 1.54) is 29.5 Å². The number of hydrogen-bond donors (Lipinski definition) is 1. The molecule has 1 aliphatic carbocycles. The van der Waals surface area contributed by atoms with Crippen LogP contribution in [0.2, 0.25) is 0 Å². The number of rotatable bonds is 3. The van der Waals surface area contributed by atoms with Crippen molar-refractivity contribution in [1.29, 1.82) is 0 Å². The first-order chi connectivity index (χ1) is 14.1. The molecule has 0 saturated carbocycles. The molecule has 0 radical (unpaired) electrons. The first-order valence-electron chi connectivity index (χ1n) is 9.97. The average Bonchev–Trinajstić information content (AvgIpc) is 3.15. The van der Waals surface area contributed by atoms with E-state index in [0.717, 1.165) is 40.1 Å². The van der Waals surface area contributed by atoms with Crippen molar-refractivity contribution >= 4 is 33.2 Å². The normalized spacial score (nSPS) is 13.5. The topological polar surface area (TPSA) is 55.1 Å². The summed E-state index contributed by atoms with van der Waals surface area (Å²) >= 11 is 3.58. The molecule has 4 aromatic rings.